The van der Waals surface area contributed by atoms with Gasteiger partial charge in [-0.1, -0.05) is 12.8 Å². The molecule has 0 radical (unpaired) electrons. The summed E-state index contributed by atoms with van der Waals surface area (Å²) in [5, 5.41) is 0. The number of hydrogen-bond donors (Lipinski definition) is 1. The third-order valence-electron chi connectivity index (χ3n) is 3.15. The van der Waals surface area contributed by atoms with Crippen LogP contribution in [0.5, 0.6) is 0 Å². The highest BCUT2D eigenvalue weighted by molar-refractivity contribution is 5.93. The zero-order valence-electron chi connectivity index (χ0n) is 9.52. The zero-order chi connectivity index (χ0) is 11.5. The van der Waals surface area contributed by atoms with E-state index < -0.39 is 0 Å². The Morgan fingerprint density at radius 2 is 2.12 bits per heavy atom. The Kier molecular flexibility index (Phi) is 3.08. The van der Waals surface area contributed by atoms with Crippen molar-refractivity contribution < 1.29 is 4.79 Å². The Bertz CT molecular complexity index is 368. The number of nitrogen functional groups attached to an aromatic ring is 1. The molecule has 1 aromatic rings. The van der Waals surface area contributed by atoms with E-state index >= 15 is 0 Å². The summed E-state index contributed by atoms with van der Waals surface area (Å²) in [6.45, 7) is 0. The Balaban J connectivity index is 2.08. The van der Waals surface area contributed by atoms with E-state index in [2.05, 4.69) is 4.98 Å². The second-order valence-corrected chi connectivity index (χ2v) is 4.33. The van der Waals surface area contributed by atoms with Gasteiger partial charge in [0.15, 0.2) is 0 Å². The number of carbonyl (C=O) groups is 1. The van der Waals surface area contributed by atoms with Crippen molar-refractivity contribution >= 4 is 17.4 Å². The van der Waals surface area contributed by atoms with E-state index in [0.29, 0.717) is 11.5 Å². The van der Waals surface area contributed by atoms with Crippen LogP contribution in [0.1, 0.15) is 25.7 Å². The van der Waals surface area contributed by atoms with Crippen molar-refractivity contribution in [2.45, 2.75) is 25.7 Å². The standard InChI is InChI=1S/C12H17N3O/c1-15(11-7-6-10(13)8-14-11)12(16)9-4-2-3-5-9/h6-9H,2-5,13H2,1H3. The van der Waals surface area contributed by atoms with E-state index in [1.54, 1.807) is 30.3 Å². The topological polar surface area (TPSA) is 59.2 Å². The average molecular weight is 219 g/mol. The molecule has 2 rings (SSSR count). The highest BCUT2D eigenvalue weighted by Gasteiger charge is 2.26. The van der Waals surface area contributed by atoms with Gasteiger partial charge >= 0.3 is 0 Å². The first-order valence-electron chi connectivity index (χ1n) is 5.67. The van der Waals surface area contributed by atoms with Gasteiger partial charge in [-0.2, -0.15) is 0 Å². The molecule has 1 saturated carbocycles. The molecular weight excluding hydrogens is 202 g/mol. The summed E-state index contributed by atoms with van der Waals surface area (Å²) in [6.07, 6.45) is 5.93. The molecule has 1 aromatic heterocycles. The van der Waals surface area contributed by atoms with Gasteiger partial charge in [0.2, 0.25) is 5.91 Å². The quantitative estimate of drug-likeness (QED) is 0.825. The largest absolute Gasteiger partial charge is 0.397 e. The van der Waals surface area contributed by atoms with Gasteiger partial charge in [0.05, 0.1) is 11.9 Å². The number of amides is 1. The molecule has 1 aliphatic carbocycles. The minimum absolute atomic E-state index is 0.176. The summed E-state index contributed by atoms with van der Waals surface area (Å²) in [5.41, 5.74) is 6.18. The van der Waals surface area contributed by atoms with Gasteiger partial charge in [0.1, 0.15) is 5.82 Å². The van der Waals surface area contributed by atoms with Gasteiger partial charge in [-0.3, -0.25) is 9.69 Å². The van der Waals surface area contributed by atoms with Crippen LogP contribution in [-0.4, -0.2) is 17.9 Å². The monoisotopic (exact) mass is 219 g/mol. The summed E-state index contributed by atoms with van der Waals surface area (Å²) in [6, 6.07) is 3.54. The van der Waals surface area contributed by atoms with Gasteiger partial charge in [0.25, 0.3) is 0 Å². The lowest BCUT2D eigenvalue weighted by molar-refractivity contribution is -0.121. The lowest BCUT2D eigenvalue weighted by atomic mass is 10.1. The minimum atomic E-state index is 0.176. The van der Waals surface area contributed by atoms with E-state index in [1.165, 1.54) is 12.8 Å². The molecule has 0 aromatic carbocycles. The molecule has 0 atom stereocenters. The number of carbonyl (C=O) groups excluding carboxylic acids is 1. The second kappa shape index (κ2) is 4.51. The Labute approximate surface area is 95.5 Å². The average Bonchev–Trinajstić information content (AvgIpc) is 2.81. The van der Waals surface area contributed by atoms with E-state index in [4.69, 9.17) is 5.73 Å². The highest BCUT2D eigenvalue weighted by atomic mass is 16.2. The van der Waals surface area contributed by atoms with E-state index in [-0.39, 0.29) is 11.8 Å². The van der Waals surface area contributed by atoms with Crippen molar-refractivity contribution in [3.05, 3.63) is 18.3 Å². The molecule has 86 valence electrons. The van der Waals surface area contributed by atoms with Gasteiger partial charge in [-0.15, -0.1) is 0 Å². The lowest BCUT2D eigenvalue weighted by Crippen LogP contribution is -2.32. The number of nitrogens with zero attached hydrogens (tertiary/aromatic N) is 2. The molecule has 16 heavy (non-hydrogen) atoms. The Morgan fingerprint density at radius 1 is 1.44 bits per heavy atom. The number of nitrogens with two attached hydrogens (primary N) is 1. The van der Waals surface area contributed by atoms with Gasteiger partial charge in [-0.25, -0.2) is 4.98 Å². The minimum Gasteiger partial charge on any atom is -0.397 e. The van der Waals surface area contributed by atoms with Crippen molar-refractivity contribution in [3.8, 4) is 0 Å². The molecule has 4 nitrogen and oxygen atoms in total. The van der Waals surface area contributed by atoms with Crippen LogP contribution in [0.3, 0.4) is 0 Å². The van der Waals surface area contributed by atoms with Crippen LogP contribution in [0.25, 0.3) is 0 Å². The smallest absolute Gasteiger partial charge is 0.230 e. The number of anilines is 2. The molecule has 0 aliphatic heterocycles. The molecule has 1 amide bonds. The predicted molar refractivity (Wildman–Crippen MR) is 64.0 cm³/mol. The molecule has 0 spiro atoms. The van der Waals surface area contributed by atoms with Crippen LogP contribution in [0.4, 0.5) is 11.5 Å². The maximum atomic E-state index is 12.1. The van der Waals surface area contributed by atoms with Gasteiger partial charge in [0, 0.05) is 13.0 Å². The first-order valence-corrected chi connectivity index (χ1v) is 5.67. The third-order valence-corrected chi connectivity index (χ3v) is 3.15. The van der Waals surface area contributed by atoms with Crippen LogP contribution in [0.2, 0.25) is 0 Å². The molecule has 0 unspecified atom stereocenters. The number of pyridine rings is 1. The van der Waals surface area contributed by atoms with E-state index in [0.717, 1.165) is 12.8 Å². The third kappa shape index (κ3) is 2.15. The normalized spacial score (nSPS) is 16.3. The first-order chi connectivity index (χ1) is 7.68. The van der Waals surface area contributed by atoms with Crippen LogP contribution < -0.4 is 10.6 Å². The maximum Gasteiger partial charge on any atom is 0.230 e. The van der Waals surface area contributed by atoms with Gasteiger partial charge < -0.3 is 5.73 Å². The molecule has 0 saturated heterocycles. The van der Waals surface area contributed by atoms with Gasteiger partial charge in [-0.05, 0) is 25.0 Å². The van der Waals surface area contributed by atoms with Crippen molar-refractivity contribution in [2.75, 3.05) is 17.7 Å². The van der Waals surface area contributed by atoms with Crippen molar-refractivity contribution in [1.29, 1.82) is 0 Å². The van der Waals surface area contributed by atoms with Crippen LogP contribution >= 0.6 is 0 Å². The van der Waals surface area contributed by atoms with Crippen molar-refractivity contribution in [2.24, 2.45) is 5.92 Å². The van der Waals surface area contributed by atoms with Crippen molar-refractivity contribution in [1.82, 2.24) is 4.98 Å². The lowest BCUT2D eigenvalue weighted by Gasteiger charge is -2.19. The summed E-state index contributed by atoms with van der Waals surface area (Å²) < 4.78 is 0. The number of rotatable bonds is 2. The summed E-state index contributed by atoms with van der Waals surface area (Å²) >= 11 is 0. The predicted octanol–water partition coefficient (Wildman–Crippen LogP) is 1.82. The molecular formula is C12H17N3O. The molecule has 1 heterocycles. The Hall–Kier alpha value is -1.58. The summed E-state index contributed by atoms with van der Waals surface area (Å²) in [4.78, 5) is 17.9. The molecule has 4 heteroatoms. The van der Waals surface area contributed by atoms with Crippen LogP contribution in [0.15, 0.2) is 18.3 Å². The van der Waals surface area contributed by atoms with E-state index in [9.17, 15) is 4.79 Å². The second-order valence-electron chi connectivity index (χ2n) is 4.33. The summed E-state index contributed by atoms with van der Waals surface area (Å²) in [7, 11) is 1.78. The van der Waals surface area contributed by atoms with Crippen LogP contribution in [0, 0.1) is 5.92 Å². The number of aromatic nitrogens is 1. The SMILES string of the molecule is CN(C(=O)C1CCCC1)c1ccc(N)cn1. The Morgan fingerprint density at radius 3 is 2.69 bits per heavy atom. The maximum absolute atomic E-state index is 12.1. The van der Waals surface area contributed by atoms with Crippen molar-refractivity contribution in [3.63, 3.8) is 0 Å². The first kappa shape index (κ1) is 10.9. The molecule has 0 bridgehead atoms. The fourth-order valence-corrected chi connectivity index (χ4v) is 2.16. The molecule has 2 N–H and O–H groups in total. The fourth-order valence-electron chi connectivity index (χ4n) is 2.16. The van der Waals surface area contributed by atoms with E-state index in [1.807, 2.05) is 0 Å². The molecule has 1 aliphatic rings. The highest BCUT2D eigenvalue weighted by Crippen LogP contribution is 2.27. The fraction of sp³-hybridized carbons (Fsp3) is 0.500. The van der Waals surface area contributed by atoms with Crippen LogP contribution in [-0.2, 0) is 4.79 Å². The zero-order valence-corrected chi connectivity index (χ0v) is 9.52. The molecule has 1 fully saturated rings. The summed E-state index contributed by atoms with van der Waals surface area (Å²) in [5.74, 6) is 1.03. The number of hydrogen-bond acceptors (Lipinski definition) is 3.